The van der Waals surface area contributed by atoms with Crippen LogP contribution in [0.15, 0.2) is 48.1 Å². The van der Waals surface area contributed by atoms with E-state index in [2.05, 4.69) is 18.4 Å². The summed E-state index contributed by atoms with van der Waals surface area (Å²) in [5, 5.41) is 9.17. The fraction of sp³-hybridized carbons (Fsp3) is 0.368. The normalized spacial score (nSPS) is 11.1. The predicted octanol–water partition coefficient (Wildman–Crippen LogP) is 3.49. The lowest BCUT2D eigenvalue weighted by Gasteiger charge is -2.16. The highest BCUT2D eigenvalue weighted by atomic mass is 16.5. The fourth-order valence-corrected chi connectivity index (χ4v) is 1.75. The molecule has 1 aromatic rings. The zero-order chi connectivity index (χ0) is 16.4. The third-order valence-corrected chi connectivity index (χ3v) is 2.98. The Bertz CT molecular complexity index is 555. The number of rotatable bonds is 7. The van der Waals surface area contributed by atoms with Crippen molar-refractivity contribution in [3.63, 3.8) is 0 Å². The standard InChI is InChI=1S/C19H24O3/c1-15(2)6-5-7-16(3)19(12-13-20)22-14-17-8-10-18(21-4)11-9-17/h6,8-11,19-20H,3,12-14H2,1-2,4H3/t19-/m0/s1. The third-order valence-electron chi connectivity index (χ3n) is 2.98. The van der Waals surface area contributed by atoms with E-state index in [9.17, 15) is 0 Å². The second kappa shape index (κ2) is 9.83. The van der Waals surface area contributed by atoms with Crippen LogP contribution in [0.5, 0.6) is 5.75 Å². The van der Waals surface area contributed by atoms with Crippen LogP contribution in [0.1, 0.15) is 25.8 Å². The first kappa shape index (κ1) is 18.0. The number of methoxy groups -OCH3 is 1. The number of hydrogen-bond acceptors (Lipinski definition) is 3. The van der Waals surface area contributed by atoms with E-state index in [1.165, 1.54) is 0 Å². The summed E-state index contributed by atoms with van der Waals surface area (Å²) in [5.41, 5.74) is 2.85. The van der Waals surface area contributed by atoms with Crippen molar-refractivity contribution in [1.82, 2.24) is 0 Å². The van der Waals surface area contributed by atoms with Gasteiger partial charge in [0, 0.05) is 18.6 Å². The van der Waals surface area contributed by atoms with Crippen LogP contribution in [0.25, 0.3) is 0 Å². The average molecular weight is 300 g/mol. The Hall–Kier alpha value is -2.02. The van der Waals surface area contributed by atoms with Gasteiger partial charge >= 0.3 is 0 Å². The molecule has 0 saturated heterocycles. The van der Waals surface area contributed by atoms with Gasteiger partial charge in [0.05, 0.1) is 19.8 Å². The van der Waals surface area contributed by atoms with Crippen LogP contribution >= 0.6 is 0 Å². The van der Waals surface area contributed by atoms with E-state index in [-0.39, 0.29) is 12.7 Å². The molecule has 0 heterocycles. The van der Waals surface area contributed by atoms with Crippen molar-refractivity contribution in [3.05, 3.63) is 53.6 Å². The summed E-state index contributed by atoms with van der Waals surface area (Å²) in [4.78, 5) is 0. The van der Waals surface area contributed by atoms with Crippen molar-refractivity contribution in [2.45, 2.75) is 33.0 Å². The summed E-state index contributed by atoms with van der Waals surface area (Å²) >= 11 is 0. The van der Waals surface area contributed by atoms with Gasteiger partial charge in [0.15, 0.2) is 0 Å². The Morgan fingerprint density at radius 1 is 1.32 bits per heavy atom. The largest absolute Gasteiger partial charge is 0.497 e. The molecular formula is C19H24O3. The summed E-state index contributed by atoms with van der Waals surface area (Å²) in [6.45, 7) is 8.41. The smallest absolute Gasteiger partial charge is 0.118 e. The summed E-state index contributed by atoms with van der Waals surface area (Å²) in [5.74, 6) is 6.74. The van der Waals surface area contributed by atoms with Gasteiger partial charge in [-0.25, -0.2) is 0 Å². The monoisotopic (exact) mass is 300 g/mol. The van der Waals surface area contributed by atoms with Crippen LogP contribution in [-0.4, -0.2) is 24.9 Å². The average Bonchev–Trinajstić information content (AvgIpc) is 2.51. The van der Waals surface area contributed by atoms with Crippen LogP contribution < -0.4 is 4.74 Å². The Labute approximate surface area is 133 Å². The minimum absolute atomic E-state index is 0.0383. The van der Waals surface area contributed by atoms with Gasteiger partial charge in [-0.2, -0.15) is 0 Å². The molecule has 0 spiro atoms. The number of aliphatic hydroxyl groups is 1. The summed E-state index contributed by atoms with van der Waals surface area (Å²) in [6, 6.07) is 7.69. The van der Waals surface area contributed by atoms with Crippen LogP contribution in [0, 0.1) is 11.8 Å². The van der Waals surface area contributed by atoms with E-state index in [1.807, 2.05) is 44.2 Å². The molecule has 0 amide bonds. The molecule has 0 fully saturated rings. The number of aliphatic hydroxyl groups excluding tert-OH is 1. The fourth-order valence-electron chi connectivity index (χ4n) is 1.75. The summed E-state index contributed by atoms with van der Waals surface area (Å²) in [7, 11) is 1.64. The van der Waals surface area contributed by atoms with Crippen molar-refractivity contribution in [2.24, 2.45) is 0 Å². The molecular weight excluding hydrogens is 276 g/mol. The number of allylic oxidation sites excluding steroid dienone is 2. The topological polar surface area (TPSA) is 38.7 Å². The lowest BCUT2D eigenvalue weighted by atomic mass is 10.1. The predicted molar refractivity (Wildman–Crippen MR) is 89.6 cm³/mol. The summed E-state index contributed by atoms with van der Waals surface area (Å²) < 4.78 is 11.0. The first-order valence-electron chi connectivity index (χ1n) is 7.26. The third kappa shape index (κ3) is 6.62. The zero-order valence-electron chi connectivity index (χ0n) is 13.6. The molecule has 0 aliphatic heterocycles. The van der Waals surface area contributed by atoms with Gasteiger partial charge in [-0.15, -0.1) is 0 Å². The molecule has 22 heavy (non-hydrogen) atoms. The first-order valence-corrected chi connectivity index (χ1v) is 7.26. The van der Waals surface area contributed by atoms with Gasteiger partial charge in [-0.3, -0.25) is 0 Å². The van der Waals surface area contributed by atoms with E-state index in [4.69, 9.17) is 14.6 Å². The maximum atomic E-state index is 9.17. The Morgan fingerprint density at radius 2 is 2.00 bits per heavy atom. The first-order chi connectivity index (χ1) is 10.6. The molecule has 0 saturated carbocycles. The van der Waals surface area contributed by atoms with Crippen molar-refractivity contribution in [3.8, 4) is 17.6 Å². The Balaban J connectivity index is 2.64. The van der Waals surface area contributed by atoms with Crippen LogP contribution in [0.3, 0.4) is 0 Å². The number of benzene rings is 1. The molecule has 0 radical (unpaired) electrons. The second-order valence-electron chi connectivity index (χ2n) is 5.18. The SMILES string of the molecule is C=C(C#CC=C(C)C)[C@H](CCO)OCc1ccc(OC)cc1. The minimum atomic E-state index is -0.273. The molecule has 1 N–H and O–H groups in total. The van der Waals surface area contributed by atoms with Gasteiger partial charge in [-0.05, 0) is 37.6 Å². The van der Waals surface area contributed by atoms with Gasteiger partial charge in [0.25, 0.3) is 0 Å². The van der Waals surface area contributed by atoms with E-state index in [1.54, 1.807) is 7.11 Å². The highest BCUT2D eigenvalue weighted by Crippen LogP contribution is 2.15. The maximum absolute atomic E-state index is 9.17. The van der Waals surface area contributed by atoms with E-state index in [0.29, 0.717) is 18.6 Å². The van der Waals surface area contributed by atoms with Gasteiger partial charge < -0.3 is 14.6 Å². The molecule has 118 valence electrons. The molecule has 1 aromatic carbocycles. The van der Waals surface area contributed by atoms with Crippen LogP contribution in [-0.2, 0) is 11.3 Å². The van der Waals surface area contributed by atoms with Crippen LogP contribution in [0.2, 0.25) is 0 Å². The molecule has 0 aliphatic carbocycles. The maximum Gasteiger partial charge on any atom is 0.118 e. The Kier molecular flexibility index (Phi) is 8.06. The lowest BCUT2D eigenvalue weighted by Crippen LogP contribution is -2.16. The Morgan fingerprint density at radius 3 is 2.55 bits per heavy atom. The summed E-state index contributed by atoms with van der Waals surface area (Å²) in [6.07, 6.45) is 2.05. The van der Waals surface area contributed by atoms with E-state index < -0.39 is 0 Å². The molecule has 3 heteroatoms. The molecule has 1 atom stereocenters. The quantitative estimate of drug-likeness (QED) is 0.783. The van der Waals surface area contributed by atoms with E-state index >= 15 is 0 Å². The second-order valence-corrected chi connectivity index (χ2v) is 5.18. The van der Waals surface area contributed by atoms with Crippen molar-refractivity contribution >= 4 is 0 Å². The van der Waals surface area contributed by atoms with Crippen molar-refractivity contribution < 1.29 is 14.6 Å². The minimum Gasteiger partial charge on any atom is -0.497 e. The molecule has 0 aromatic heterocycles. The highest BCUT2D eigenvalue weighted by Gasteiger charge is 2.11. The molecule has 0 bridgehead atoms. The zero-order valence-corrected chi connectivity index (χ0v) is 13.6. The number of ether oxygens (including phenoxy) is 2. The molecule has 0 aliphatic rings. The lowest BCUT2D eigenvalue weighted by molar-refractivity contribution is 0.0501. The highest BCUT2D eigenvalue weighted by molar-refractivity contribution is 5.34. The molecule has 1 rings (SSSR count). The van der Waals surface area contributed by atoms with Gasteiger partial charge in [-0.1, -0.05) is 36.1 Å². The van der Waals surface area contributed by atoms with Crippen molar-refractivity contribution in [2.75, 3.05) is 13.7 Å². The van der Waals surface area contributed by atoms with Crippen molar-refractivity contribution in [1.29, 1.82) is 0 Å². The van der Waals surface area contributed by atoms with E-state index in [0.717, 1.165) is 16.9 Å². The van der Waals surface area contributed by atoms with Gasteiger partial charge in [0.1, 0.15) is 5.75 Å². The van der Waals surface area contributed by atoms with Gasteiger partial charge in [0.2, 0.25) is 0 Å². The molecule has 3 nitrogen and oxygen atoms in total. The van der Waals surface area contributed by atoms with Crippen LogP contribution in [0.4, 0.5) is 0 Å². The number of hydrogen-bond donors (Lipinski definition) is 1. The molecule has 0 unspecified atom stereocenters.